The summed E-state index contributed by atoms with van der Waals surface area (Å²) in [5.41, 5.74) is -0.392. The van der Waals surface area contributed by atoms with Crippen LogP contribution in [0.2, 0.25) is 0 Å². The van der Waals surface area contributed by atoms with Gasteiger partial charge in [-0.3, -0.25) is 9.59 Å². The first-order valence-corrected chi connectivity index (χ1v) is 7.62. The van der Waals surface area contributed by atoms with Crippen LogP contribution in [0.3, 0.4) is 0 Å². The lowest BCUT2D eigenvalue weighted by atomic mass is 9.91. The molecule has 0 aromatic carbocycles. The summed E-state index contributed by atoms with van der Waals surface area (Å²) in [4.78, 5) is 26.2. The van der Waals surface area contributed by atoms with Crippen LogP contribution in [0.4, 0.5) is 0 Å². The van der Waals surface area contributed by atoms with Gasteiger partial charge in [-0.1, -0.05) is 26.8 Å². The van der Waals surface area contributed by atoms with E-state index in [1.807, 2.05) is 25.7 Å². The molecule has 0 aromatic rings. The predicted molar refractivity (Wildman–Crippen MR) is 82.8 cm³/mol. The Morgan fingerprint density at radius 2 is 2.14 bits per heavy atom. The van der Waals surface area contributed by atoms with Gasteiger partial charge < -0.3 is 15.0 Å². The minimum absolute atomic E-state index is 0.0172. The highest BCUT2D eigenvalue weighted by atomic mass is 16.5. The highest BCUT2D eigenvalue weighted by molar-refractivity contribution is 5.83. The third kappa shape index (κ3) is 5.87. The van der Waals surface area contributed by atoms with Gasteiger partial charge in [0.1, 0.15) is 0 Å². The van der Waals surface area contributed by atoms with Gasteiger partial charge in [-0.15, -0.1) is 6.58 Å². The molecule has 5 nitrogen and oxygen atoms in total. The molecule has 1 N–H and O–H groups in total. The van der Waals surface area contributed by atoms with Crippen LogP contribution in [0.25, 0.3) is 0 Å². The Hall–Kier alpha value is -1.36. The van der Waals surface area contributed by atoms with Gasteiger partial charge in [0.25, 0.3) is 0 Å². The first-order chi connectivity index (χ1) is 9.86. The minimum Gasteiger partial charge on any atom is -0.376 e. The molecule has 1 aliphatic rings. The number of piperidine rings is 1. The molecule has 0 unspecified atom stereocenters. The smallest absolute Gasteiger partial charge is 0.227 e. The molecule has 0 bridgehead atoms. The fraction of sp³-hybridized carbons (Fsp3) is 0.750. The minimum atomic E-state index is -0.392. The quantitative estimate of drug-likeness (QED) is 0.598. The molecule has 0 radical (unpaired) electrons. The van der Waals surface area contributed by atoms with Crippen molar-refractivity contribution in [3.63, 3.8) is 0 Å². The largest absolute Gasteiger partial charge is 0.376 e. The number of nitrogens with one attached hydrogen (secondary N) is 1. The zero-order valence-electron chi connectivity index (χ0n) is 13.5. The van der Waals surface area contributed by atoms with Crippen LogP contribution in [0, 0.1) is 11.3 Å². The van der Waals surface area contributed by atoms with E-state index in [-0.39, 0.29) is 17.7 Å². The Morgan fingerprint density at radius 1 is 1.43 bits per heavy atom. The first kappa shape index (κ1) is 17.7. The standard InChI is InChI=1S/C16H28N2O3/c1-5-10-21-11-8-17-14(19)13-7-6-9-18(12-13)15(20)16(2,3)4/h5,13H,1,6-12H2,2-4H3,(H,17,19)/t13-/m0/s1. The lowest BCUT2D eigenvalue weighted by Gasteiger charge is -2.35. The summed E-state index contributed by atoms with van der Waals surface area (Å²) in [6.07, 6.45) is 3.40. The average molecular weight is 296 g/mol. The second-order valence-corrected chi connectivity index (χ2v) is 6.49. The van der Waals surface area contributed by atoms with E-state index in [4.69, 9.17) is 4.74 Å². The van der Waals surface area contributed by atoms with Gasteiger partial charge in [-0.25, -0.2) is 0 Å². The number of carbonyl (C=O) groups is 2. The van der Waals surface area contributed by atoms with Crippen LogP contribution in [-0.4, -0.2) is 49.6 Å². The summed E-state index contributed by atoms with van der Waals surface area (Å²) in [6.45, 7) is 12.0. The van der Waals surface area contributed by atoms with Gasteiger partial charge in [0.15, 0.2) is 0 Å². The Morgan fingerprint density at radius 3 is 2.76 bits per heavy atom. The van der Waals surface area contributed by atoms with Crippen LogP contribution >= 0.6 is 0 Å². The molecule has 1 fully saturated rings. The van der Waals surface area contributed by atoms with Crippen LogP contribution in [-0.2, 0) is 14.3 Å². The summed E-state index contributed by atoms with van der Waals surface area (Å²) in [6, 6.07) is 0. The van der Waals surface area contributed by atoms with Crippen molar-refractivity contribution in [2.45, 2.75) is 33.6 Å². The summed E-state index contributed by atoms with van der Waals surface area (Å²) >= 11 is 0. The molecule has 120 valence electrons. The highest BCUT2D eigenvalue weighted by Crippen LogP contribution is 2.23. The van der Waals surface area contributed by atoms with Crippen LogP contribution < -0.4 is 5.32 Å². The maximum absolute atomic E-state index is 12.3. The fourth-order valence-corrected chi connectivity index (χ4v) is 2.41. The second-order valence-electron chi connectivity index (χ2n) is 6.49. The Balaban J connectivity index is 2.39. The number of ether oxygens (including phenoxy) is 1. The van der Waals surface area contributed by atoms with E-state index >= 15 is 0 Å². The van der Waals surface area contributed by atoms with E-state index in [1.165, 1.54) is 0 Å². The van der Waals surface area contributed by atoms with Crippen LogP contribution in [0.15, 0.2) is 12.7 Å². The number of nitrogens with zero attached hydrogens (tertiary/aromatic N) is 1. The zero-order valence-corrected chi connectivity index (χ0v) is 13.5. The Kier molecular flexibility index (Phi) is 6.89. The molecule has 1 atom stereocenters. The molecule has 0 aliphatic carbocycles. The lowest BCUT2D eigenvalue weighted by molar-refractivity contribution is -0.142. The van der Waals surface area contributed by atoms with Crippen molar-refractivity contribution in [1.82, 2.24) is 10.2 Å². The monoisotopic (exact) mass is 296 g/mol. The third-order valence-corrected chi connectivity index (χ3v) is 3.50. The molecule has 1 aliphatic heterocycles. The maximum atomic E-state index is 12.3. The predicted octanol–water partition coefficient (Wildman–Crippen LogP) is 1.59. The van der Waals surface area contributed by atoms with E-state index < -0.39 is 5.41 Å². The summed E-state index contributed by atoms with van der Waals surface area (Å²) < 4.78 is 5.23. The topological polar surface area (TPSA) is 58.6 Å². The van der Waals surface area contributed by atoms with Crippen molar-refractivity contribution in [2.75, 3.05) is 32.8 Å². The number of hydrogen-bond donors (Lipinski definition) is 1. The Labute approximate surface area is 127 Å². The van der Waals surface area contributed by atoms with E-state index in [0.29, 0.717) is 26.3 Å². The van der Waals surface area contributed by atoms with Gasteiger partial charge >= 0.3 is 0 Å². The molecular weight excluding hydrogens is 268 g/mol. The molecule has 5 heteroatoms. The third-order valence-electron chi connectivity index (χ3n) is 3.50. The maximum Gasteiger partial charge on any atom is 0.227 e. The van der Waals surface area contributed by atoms with E-state index in [0.717, 1.165) is 19.4 Å². The molecule has 1 heterocycles. The van der Waals surface area contributed by atoms with Crippen molar-refractivity contribution in [3.8, 4) is 0 Å². The van der Waals surface area contributed by atoms with Gasteiger partial charge in [0.2, 0.25) is 11.8 Å². The van der Waals surface area contributed by atoms with E-state index in [1.54, 1.807) is 6.08 Å². The second kappa shape index (κ2) is 8.17. The Bertz CT molecular complexity index is 374. The van der Waals surface area contributed by atoms with Crippen LogP contribution in [0.5, 0.6) is 0 Å². The van der Waals surface area contributed by atoms with Gasteiger partial charge in [0.05, 0.1) is 19.1 Å². The van der Waals surface area contributed by atoms with Crippen molar-refractivity contribution in [1.29, 1.82) is 0 Å². The number of rotatable bonds is 6. The SMILES string of the molecule is C=CCOCCNC(=O)[C@H]1CCCN(C(=O)C(C)(C)C)C1. The van der Waals surface area contributed by atoms with Crippen molar-refractivity contribution in [3.05, 3.63) is 12.7 Å². The van der Waals surface area contributed by atoms with Crippen molar-refractivity contribution in [2.24, 2.45) is 11.3 Å². The summed E-state index contributed by atoms with van der Waals surface area (Å²) in [5, 5.41) is 2.87. The number of likely N-dealkylation sites (tertiary alicyclic amines) is 1. The van der Waals surface area contributed by atoms with Crippen molar-refractivity contribution < 1.29 is 14.3 Å². The molecule has 21 heavy (non-hydrogen) atoms. The summed E-state index contributed by atoms with van der Waals surface area (Å²) in [7, 11) is 0. The van der Waals surface area contributed by atoms with E-state index in [9.17, 15) is 9.59 Å². The highest BCUT2D eigenvalue weighted by Gasteiger charge is 2.33. The van der Waals surface area contributed by atoms with Gasteiger partial charge in [-0.2, -0.15) is 0 Å². The normalized spacial score (nSPS) is 19.2. The molecule has 0 spiro atoms. The number of carbonyl (C=O) groups excluding carboxylic acids is 2. The van der Waals surface area contributed by atoms with Crippen LogP contribution in [0.1, 0.15) is 33.6 Å². The van der Waals surface area contributed by atoms with E-state index in [2.05, 4.69) is 11.9 Å². The molecule has 1 saturated heterocycles. The molecule has 2 amide bonds. The lowest BCUT2D eigenvalue weighted by Crippen LogP contribution is -2.49. The molecule has 0 saturated carbocycles. The average Bonchev–Trinajstić information content (AvgIpc) is 2.45. The fourth-order valence-electron chi connectivity index (χ4n) is 2.41. The zero-order chi connectivity index (χ0) is 15.9. The number of amides is 2. The summed E-state index contributed by atoms with van der Waals surface area (Å²) in [5.74, 6) is 0.0300. The molecular formula is C16H28N2O3. The van der Waals surface area contributed by atoms with Crippen molar-refractivity contribution >= 4 is 11.8 Å². The van der Waals surface area contributed by atoms with Gasteiger partial charge in [0, 0.05) is 25.0 Å². The number of hydrogen-bond acceptors (Lipinski definition) is 3. The molecule has 0 aromatic heterocycles. The van der Waals surface area contributed by atoms with Gasteiger partial charge in [-0.05, 0) is 12.8 Å². The molecule has 1 rings (SSSR count). The first-order valence-electron chi connectivity index (χ1n) is 7.62.